The number of thioether (sulfide) groups is 1. The van der Waals surface area contributed by atoms with E-state index in [0.717, 1.165) is 33.2 Å². The third kappa shape index (κ3) is 5.34. The van der Waals surface area contributed by atoms with Crippen molar-refractivity contribution in [2.45, 2.75) is 25.2 Å². The Morgan fingerprint density at radius 2 is 1.89 bits per heavy atom. The number of aromatic nitrogens is 1. The van der Waals surface area contributed by atoms with E-state index in [1.807, 2.05) is 11.0 Å². The second-order valence-corrected chi connectivity index (χ2v) is 9.51. The molecule has 0 aliphatic rings. The predicted molar refractivity (Wildman–Crippen MR) is 121 cm³/mol. The van der Waals surface area contributed by atoms with Crippen LogP contribution >= 0.6 is 23.1 Å². The van der Waals surface area contributed by atoms with Crippen LogP contribution in [0.5, 0.6) is 0 Å². The van der Waals surface area contributed by atoms with E-state index in [4.69, 9.17) is 4.98 Å². The van der Waals surface area contributed by atoms with Crippen molar-refractivity contribution in [1.29, 1.82) is 0 Å². The average Bonchev–Trinajstić information content (AvgIpc) is 3.08. The number of hydrogen-bond acceptors (Lipinski definition) is 4. The molecule has 0 saturated carbocycles. The average molecular weight is 415 g/mol. The number of carbonyl (C=O) groups excluding carboxylic acids is 1. The Kier molecular flexibility index (Phi) is 7.10. The van der Waals surface area contributed by atoms with E-state index in [1.165, 1.54) is 15.4 Å². The quantitative estimate of drug-likeness (QED) is 0.573. The summed E-state index contributed by atoms with van der Waals surface area (Å²) in [5.74, 6) is 0.925. The molecule has 4 nitrogen and oxygen atoms in total. The highest BCUT2D eigenvalue weighted by Gasteiger charge is 2.21. The zero-order valence-electron chi connectivity index (χ0n) is 17.0. The standard InChI is InChI=1S/C22H27N3OS2/c1-16-8-10-18(11-9-16)27-15-12-20(26)25(14-13-24(3)4)22-23-21-17(2)6-5-7-19(21)28-22/h5-11H,12-15H2,1-4H3/p+1. The molecular weight excluding hydrogens is 386 g/mol. The molecule has 0 bridgehead atoms. The molecule has 0 radical (unpaired) electrons. The first kappa shape index (κ1) is 20.8. The van der Waals surface area contributed by atoms with Crippen molar-refractivity contribution in [3.05, 3.63) is 53.6 Å². The number of fused-ring (bicyclic) bond motifs is 1. The third-order valence-electron chi connectivity index (χ3n) is 4.58. The van der Waals surface area contributed by atoms with E-state index in [1.54, 1.807) is 23.1 Å². The molecule has 1 aromatic heterocycles. The summed E-state index contributed by atoms with van der Waals surface area (Å²) in [5, 5.41) is 0.816. The molecule has 2 aromatic carbocycles. The maximum atomic E-state index is 13.0. The lowest BCUT2D eigenvalue weighted by Crippen LogP contribution is -3.06. The Morgan fingerprint density at radius 3 is 2.57 bits per heavy atom. The molecule has 0 spiro atoms. The Bertz CT molecular complexity index is 935. The summed E-state index contributed by atoms with van der Waals surface area (Å²) in [4.78, 5) is 22.2. The van der Waals surface area contributed by atoms with Gasteiger partial charge < -0.3 is 4.90 Å². The van der Waals surface area contributed by atoms with Gasteiger partial charge in [0.1, 0.15) is 0 Å². The zero-order valence-corrected chi connectivity index (χ0v) is 18.6. The Balaban J connectivity index is 1.71. The summed E-state index contributed by atoms with van der Waals surface area (Å²) in [5.41, 5.74) is 3.41. The van der Waals surface area contributed by atoms with E-state index in [2.05, 4.69) is 64.3 Å². The molecule has 28 heavy (non-hydrogen) atoms. The summed E-state index contributed by atoms with van der Waals surface area (Å²) < 4.78 is 1.14. The van der Waals surface area contributed by atoms with Gasteiger partial charge >= 0.3 is 0 Å². The third-order valence-corrected chi connectivity index (χ3v) is 6.64. The number of rotatable bonds is 8. The molecule has 148 valence electrons. The molecule has 3 rings (SSSR count). The number of carbonyl (C=O) groups is 1. The van der Waals surface area contributed by atoms with Crippen LogP contribution in [0.2, 0.25) is 0 Å². The summed E-state index contributed by atoms with van der Waals surface area (Å²) >= 11 is 3.34. The smallest absolute Gasteiger partial charge is 0.229 e. The van der Waals surface area contributed by atoms with E-state index < -0.39 is 0 Å². The molecule has 0 fully saturated rings. The van der Waals surface area contributed by atoms with Gasteiger partial charge in [0, 0.05) is 17.1 Å². The van der Waals surface area contributed by atoms with Crippen LogP contribution in [-0.4, -0.2) is 43.8 Å². The number of amides is 1. The van der Waals surface area contributed by atoms with E-state index in [0.29, 0.717) is 13.0 Å². The SMILES string of the molecule is Cc1ccc(SCCC(=O)N(CC[NH+](C)C)c2nc3c(C)cccc3s2)cc1. The maximum absolute atomic E-state index is 13.0. The van der Waals surface area contributed by atoms with Crippen molar-refractivity contribution in [3.63, 3.8) is 0 Å². The molecule has 6 heteroatoms. The largest absolute Gasteiger partial charge is 0.338 e. The molecule has 0 unspecified atom stereocenters. The second-order valence-electron chi connectivity index (χ2n) is 7.33. The van der Waals surface area contributed by atoms with Gasteiger partial charge in [0.25, 0.3) is 0 Å². The van der Waals surface area contributed by atoms with Crippen molar-refractivity contribution in [2.75, 3.05) is 37.8 Å². The minimum atomic E-state index is 0.151. The second kappa shape index (κ2) is 9.54. The summed E-state index contributed by atoms with van der Waals surface area (Å²) in [6, 6.07) is 14.7. The zero-order chi connectivity index (χ0) is 20.1. The molecule has 1 heterocycles. The first-order valence-corrected chi connectivity index (χ1v) is 11.4. The van der Waals surface area contributed by atoms with Gasteiger partial charge in [-0.15, -0.1) is 11.8 Å². The molecule has 0 aliphatic heterocycles. The molecular formula is C22H28N3OS2+. The predicted octanol–water partition coefficient (Wildman–Crippen LogP) is 3.57. The fourth-order valence-electron chi connectivity index (χ4n) is 2.88. The molecule has 0 aliphatic carbocycles. The summed E-state index contributed by atoms with van der Waals surface area (Å²) in [6.07, 6.45) is 0.510. The lowest BCUT2D eigenvalue weighted by Gasteiger charge is -2.20. The fourth-order valence-corrected chi connectivity index (χ4v) is 4.81. The molecule has 1 N–H and O–H groups in total. The van der Waals surface area contributed by atoms with Gasteiger partial charge in [-0.25, -0.2) is 4.98 Å². The van der Waals surface area contributed by atoms with E-state index in [-0.39, 0.29) is 5.91 Å². The van der Waals surface area contributed by atoms with Gasteiger partial charge in [-0.05, 0) is 37.6 Å². The van der Waals surface area contributed by atoms with Crippen molar-refractivity contribution < 1.29 is 9.69 Å². The van der Waals surface area contributed by atoms with E-state index in [9.17, 15) is 4.79 Å². The lowest BCUT2D eigenvalue weighted by molar-refractivity contribution is -0.856. The number of hydrogen-bond donors (Lipinski definition) is 1. The Labute approximate surface area is 175 Å². The maximum Gasteiger partial charge on any atom is 0.229 e. The number of nitrogens with zero attached hydrogens (tertiary/aromatic N) is 2. The van der Waals surface area contributed by atoms with Crippen LogP contribution in [0.4, 0.5) is 5.13 Å². The molecule has 1 amide bonds. The van der Waals surface area contributed by atoms with Crippen molar-refractivity contribution in [3.8, 4) is 0 Å². The van der Waals surface area contributed by atoms with Gasteiger partial charge in [0.05, 0.1) is 37.4 Å². The minimum Gasteiger partial charge on any atom is -0.338 e. The van der Waals surface area contributed by atoms with Crippen LogP contribution < -0.4 is 9.80 Å². The Morgan fingerprint density at radius 1 is 1.14 bits per heavy atom. The van der Waals surface area contributed by atoms with Crippen LogP contribution in [0.1, 0.15) is 17.5 Å². The van der Waals surface area contributed by atoms with Gasteiger partial charge in [-0.3, -0.25) is 9.69 Å². The van der Waals surface area contributed by atoms with Crippen LogP contribution in [0, 0.1) is 13.8 Å². The normalized spacial score (nSPS) is 11.3. The number of likely N-dealkylation sites (N-methyl/N-ethyl adjacent to an activating group) is 1. The molecule has 0 atom stereocenters. The molecule has 3 aromatic rings. The van der Waals surface area contributed by atoms with Crippen molar-refractivity contribution in [1.82, 2.24) is 4.98 Å². The Hall–Kier alpha value is -1.89. The van der Waals surface area contributed by atoms with Crippen molar-refractivity contribution >= 4 is 44.4 Å². The van der Waals surface area contributed by atoms with Gasteiger partial charge in [-0.1, -0.05) is 41.2 Å². The first-order chi connectivity index (χ1) is 13.4. The number of aryl methyl sites for hydroxylation is 2. The number of anilines is 1. The number of para-hydroxylation sites is 1. The summed E-state index contributed by atoms with van der Waals surface area (Å²) in [7, 11) is 4.22. The van der Waals surface area contributed by atoms with Crippen molar-refractivity contribution in [2.24, 2.45) is 0 Å². The highest BCUT2D eigenvalue weighted by Crippen LogP contribution is 2.31. The summed E-state index contributed by atoms with van der Waals surface area (Å²) in [6.45, 7) is 5.74. The monoisotopic (exact) mass is 414 g/mol. The number of thiazole rings is 1. The van der Waals surface area contributed by atoms with Crippen LogP contribution in [0.15, 0.2) is 47.4 Å². The van der Waals surface area contributed by atoms with Gasteiger partial charge in [0.2, 0.25) is 5.91 Å². The first-order valence-electron chi connectivity index (χ1n) is 9.59. The lowest BCUT2D eigenvalue weighted by atomic mass is 10.2. The minimum absolute atomic E-state index is 0.151. The van der Waals surface area contributed by atoms with Crippen LogP contribution in [-0.2, 0) is 4.79 Å². The van der Waals surface area contributed by atoms with Crippen LogP contribution in [0.25, 0.3) is 10.2 Å². The highest BCUT2D eigenvalue weighted by atomic mass is 32.2. The van der Waals surface area contributed by atoms with E-state index >= 15 is 0 Å². The highest BCUT2D eigenvalue weighted by molar-refractivity contribution is 7.99. The number of quaternary nitrogens is 1. The molecule has 0 saturated heterocycles. The fraction of sp³-hybridized carbons (Fsp3) is 0.364. The van der Waals surface area contributed by atoms with Crippen LogP contribution in [0.3, 0.4) is 0 Å². The topological polar surface area (TPSA) is 37.6 Å². The number of benzene rings is 2. The van der Waals surface area contributed by atoms with Gasteiger partial charge in [-0.2, -0.15) is 0 Å². The number of nitrogens with one attached hydrogen (secondary N) is 1. The van der Waals surface area contributed by atoms with Gasteiger partial charge in [0.15, 0.2) is 5.13 Å².